The lowest BCUT2D eigenvalue weighted by Gasteiger charge is -2.02. The highest BCUT2D eigenvalue weighted by molar-refractivity contribution is 7.07. The number of halogens is 1. The number of aromatic nitrogens is 1. The van der Waals surface area contributed by atoms with E-state index in [1.165, 1.54) is 23.5 Å². The van der Waals surface area contributed by atoms with Crippen LogP contribution < -0.4 is 21.8 Å². The van der Waals surface area contributed by atoms with Crippen molar-refractivity contribution in [2.75, 3.05) is 0 Å². The lowest BCUT2D eigenvalue weighted by molar-refractivity contribution is -0.384. The van der Waals surface area contributed by atoms with Crippen LogP contribution >= 0.6 is 11.3 Å². The van der Waals surface area contributed by atoms with Crippen molar-refractivity contribution in [2.24, 2.45) is 12.0 Å². The van der Waals surface area contributed by atoms with Crippen molar-refractivity contribution in [3.63, 3.8) is 0 Å². The first-order chi connectivity index (χ1) is 10.6. The van der Waals surface area contributed by atoms with Gasteiger partial charge in [0.1, 0.15) is 0 Å². The third-order valence-corrected chi connectivity index (χ3v) is 4.20. The molecule has 2 aromatic carbocycles. The second kappa shape index (κ2) is 7.34. The molecule has 0 saturated heterocycles. The highest BCUT2D eigenvalue weighted by Crippen LogP contribution is 2.22. The molecule has 0 aliphatic rings. The van der Waals surface area contributed by atoms with Crippen LogP contribution in [0.15, 0.2) is 65.0 Å². The molecule has 0 aliphatic carbocycles. The number of hydrogen-bond acceptors (Lipinski definition) is 4. The van der Waals surface area contributed by atoms with E-state index in [1.807, 2.05) is 47.3 Å². The molecule has 118 valence electrons. The molecule has 7 heteroatoms. The monoisotopic (exact) mass is 390 g/mol. The molecule has 0 saturated carbocycles. The third kappa shape index (κ3) is 3.75. The molecule has 3 aromatic rings. The first-order valence-corrected chi connectivity index (χ1v) is 7.52. The SMILES string of the molecule is Cn1c(-c2ccc([N+](=O)[O-])cc2)csc1=Nc1ccccc1.[Br-]. The number of nitro groups is 1. The number of hydrogen-bond donors (Lipinski definition) is 0. The van der Waals surface area contributed by atoms with Gasteiger partial charge in [-0.1, -0.05) is 18.2 Å². The quantitative estimate of drug-likeness (QED) is 0.492. The van der Waals surface area contributed by atoms with Gasteiger partial charge in [-0.25, -0.2) is 4.99 Å². The number of non-ortho nitro benzene ring substituents is 1. The largest absolute Gasteiger partial charge is 1.00 e. The average molecular weight is 391 g/mol. The molecular formula is C16H13BrN3O2S-. The van der Waals surface area contributed by atoms with Crippen LogP contribution in [0.5, 0.6) is 0 Å². The molecule has 23 heavy (non-hydrogen) atoms. The Kier molecular flexibility index (Phi) is 5.46. The number of para-hydroxylation sites is 1. The molecule has 5 nitrogen and oxygen atoms in total. The number of nitrogens with zero attached hydrogens (tertiary/aromatic N) is 3. The summed E-state index contributed by atoms with van der Waals surface area (Å²) in [7, 11) is 1.94. The molecule has 0 spiro atoms. The van der Waals surface area contributed by atoms with E-state index in [-0.39, 0.29) is 22.7 Å². The van der Waals surface area contributed by atoms with Gasteiger partial charge in [0.2, 0.25) is 0 Å². The Labute approximate surface area is 147 Å². The van der Waals surface area contributed by atoms with Gasteiger partial charge in [-0.05, 0) is 29.8 Å². The van der Waals surface area contributed by atoms with E-state index in [9.17, 15) is 10.1 Å². The van der Waals surface area contributed by atoms with Gasteiger partial charge in [-0.2, -0.15) is 0 Å². The Morgan fingerprint density at radius 3 is 2.35 bits per heavy atom. The van der Waals surface area contributed by atoms with Crippen molar-refractivity contribution in [2.45, 2.75) is 0 Å². The smallest absolute Gasteiger partial charge is 0.269 e. The fraction of sp³-hybridized carbons (Fsp3) is 0.0625. The van der Waals surface area contributed by atoms with Crippen molar-refractivity contribution < 1.29 is 21.9 Å². The van der Waals surface area contributed by atoms with Crippen LogP contribution in [0.4, 0.5) is 11.4 Å². The van der Waals surface area contributed by atoms with Gasteiger partial charge in [0.25, 0.3) is 5.69 Å². The van der Waals surface area contributed by atoms with E-state index < -0.39 is 4.92 Å². The average Bonchev–Trinajstić information content (AvgIpc) is 2.89. The van der Waals surface area contributed by atoms with Crippen LogP contribution in [-0.4, -0.2) is 9.49 Å². The van der Waals surface area contributed by atoms with Gasteiger partial charge < -0.3 is 21.5 Å². The molecule has 0 N–H and O–H groups in total. The summed E-state index contributed by atoms with van der Waals surface area (Å²) >= 11 is 1.54. The molecule has 0 atom stereocenters. The normalized spacial score (nSPS) is 11.1. The third-order valence-electron chi connectivity index (χ3n) is 3.28. The fourth-order valence-electron chi connectivity index (χ4n) is 2.10. The molecule has 0 bridgehead atoms. The molecule has 0 unspecified atom stereocenters. The van der Waals surface area contributed by atoms with Crippen molar-refractivity contribution in [3.05, 3.63) is 74.9 Å². The molecule has 0 aliphatic heterocycles. The molecule has 0 fully saturated rings. The minimum Gasteiger partial charge on any atom is -1.00 e. The topological polar surface area (TPSA) is 60.4 Å². The molecule has 0 radical (unpaired) electrons. The number of rotatable bonds is 3. The minimum atomic E-state index is -0.395. The Bertz CT molecular complexity index is 870. The molecule has 1 aromatic heterocycles. The summed E-state index contributed by atoms with van der Waals surface area (Å²) < 4.78 is 1.98. The molecule has 0 amide bonds. The van der Waals surface area contributed by atoms with E-state index in [4.69, 9.17) is 0 Å². The van der Waals surface area contributed by atoms with E-state index >= 15 is 0 Å². The summed E-state index contributed by atoms with van der Waals surface area (Å²) in [6.07, 6.45) is 0. The van der Waals surface area contributed by atoms with Crippen LogP contribution in [0, 0.1) is 10.1 Å². The summed E-state index contributed by atoms with van der Waals surface area (Å²) in [4.78, 5) is 15.8. The van der Waals surface area contributed by atoms with Crippen LogP contribution in [-0.2, 0) is 7.05 Å². The van der Waals surface area contributed by atoms with Crippen LogP contribution in [0.1, 0.15) is 0 Å². The lowest BCUT2D eigenvalue weighted by atomic mass is 10.1. The zero-order chi connectivity index (χ0) is 15.5. The molecule has 3 rings (SSSR count). The summed E-state index contributed by atoms with van der Waals surface area (Å²) in [6.45, 7) is 0. The summed E-state index contributed by atoms with van der Waals surface area (Å²) in [6, 6.07) is 16.3. The number of nitro benzene ring substituents is 1. The van der Waals surface area contributed by atoms with Crippen molar-refractivity contribution >= 4 is 22.7 Å². The Morgan fingerprint density at radius 2 is 1.74 bits per heavy atom. The van der Waals surface area contributed by atoms with Crippen molar-refractivity contribution in [1.29, 1.82) is 0 Å². The Balaban J connectivity index is 0.00000192. The summed E-state index contributed by atoms with van der Waals surface area (Å²) in [5.74, 6) is 0. The zero-order valence-corrected chi connectivity index (χ0v) is 14.6. The maximum absolute atomic E-state index is 10.7. The number of benzene rings is 2. The van der Waals surface area contributed by atoms with E-state index in [0.29, 0.717) is 0 Å². The standard InChI is InChI=1S/C16H13N3O2S.BrH/c1-18-15(12-7-9-14(10-8-12)19(20)21)11-22-16(18)17-13-5-3-2-4-6-13;/h2-11H,1H3;1H/p-1. The maximum atomic E-state index is 10.7. The highest BCUT2D eigenvalue weighted by atomic mass is 79.9. The Hall–Kier alpha value is -2.25. The van der Waals surface area contributed by atoms with Gasteiger partial charge in [0.05, 0.1) is 16.3 Å². The summed E-state index contributed by atoms with van der Waals surface area (Å²) in [5, 5.41) is 12.7. The van der Waals surface area contributed by atoms with Gasteiger partial charge >= 0.3 is 0 Å². The maximum Gasteiger partial charge on any atom is 0.269 e. The predicted molar refractivity (Wildman–Crippen MR) is 87.0 cm³/mol. The second-order valence-corrected chi connectivity index (χ2v) is 5.55. The molecular weight excluding hydrogens is 378 g/mol. The summed E-state index contributed by atoms with van der Waals surface area (Å²) in [5.41, 5.74) is 2.90. The Morgan fingerprint density at radius 1 is 1.09 bits per heavy atom. The second-order valence-electron chi connectivity index (χ2n) is 4.71. The first kappa shape index (κ1) is 17.1. The van der Waals surface area contributed by atoms with Crippen LogP contribution in [0.3, 0.4) is 0 Å². The van der Waals surface area contributed by atoms with Crippen molar-refractivity contribution in [1.82, 2.24) is 4.57 Å². The highest BCUT2D eigenvalue weighted by Gasteiger charge is 2.08. The lowest BCUT2D eigenvalue weighted by Crippen LogP contribution is -3.00. The zero-order valence-electron chi connectivity index (χ0n) is 12.2. The predicted octanol–water partition coefficient (Wildman–Crippen LogP) is 0.898. The first-order valence-electron chi connectivity index (χ1n) is 6.64. The van der Waals surface area contributed by atoms with Gasteiger partial charge in [-0.15, -0.1) is 11.3 Å². The van der Waals surface area contributed by atoms with Gasteiger partial charge in [0.15, 0.2) is 4.80 Å². The van der Waals surface area contributed by atoms with E-state index in [2.05, 4.69) is 4.99 Å². The van der Waals surface area contributed by atoms with Gasteiger partial charge in [-0.3, -0.25) is 10.1 Å². The van der Waals surface area contributed by atoms with Crippen LogP contribution in [0.2, 0.25) is 0 Å². The minimum absolute atomic E-state index is 0. The van der Waals surface area contributed by atoms with Gasteiger partial charge in [0, 0.05) is 24.6 Å². The van der Waals surface area contributed by atoms with E-state index in [0.717, 1.165) is 21.7 Å². The van der Waals surface area contributed by atoms with E-state index in [1.54, 1.807) is 12.1 Å². The van der Waals surface area contributed by atoms with Crippen molar-refractivity contribution in [3.8, 4) is 11.3 Å². The fourth-order valence-corrected chi connectivity index (χ4v) is 3.03. The van der Waals surface area contributed by atoms with Crippen LogP contribution in [0.25, 0.3) is 11.3 Å². The number of thiazole rings is 1. The molecule has 1 heterocycles.